The van der Waals surface area contributed by atoms with Crippen molar-refractivity contribution in [2.24, 2.45) is 5.73 Å². The molecule has 2 rings (SSSR count). The Labute approximate surface area is 125 Å². The Hall–Kier alpha value is -2.09. The summed E-state index contributed by atoms with van der Waals surface area (Å²) in [5.74, 6) is -0.435. The molecule has 0 aliphatic rings. The van der Waals surface area contributed by atoms with E-state index >= 15 is 0 Å². The lowest BCUT2D eigenvalue weighted by molar-refractivity contribution is 0.1000. The van der Waals surface area contributed by atoms with Gasteiger partial charge in [-0.05, 0) is 31.5 Å². The Morgan fingerprint density at radius 2 is 2.14 bits per heavy atom. The quantitative estimate of drug-likeness (QED) is 0.823. The van der Waals surface area contributed by atoms with Crippen molar-refractivity contribution in [3.05, 3.63) is 35.1 Å². The van der Waals surface area contributed by atoms with Crippen molar-refractivity contribution in [1.29, 1.82) is 0 Å². The van der Waals surface area contributed by atoms with Gasteiger partial charge in [-0.25, -0.2) is 4.39 Å². The number of nitrogens with two attached hydrogens (primary N) is 2. The first kappa shape index (κ1) is 15.3. The van der Waals surface area contributed by atoms with Crippen LogP contribution >= 0.6 is 11.8 Å². The van der Waals surface area contributed by atoms with Gasteiger partial charge in [0.2, 0.25) is 11.9 Å². The second-order valence-corrected chi connectivity index (χ2v) is 5.71. The number of hydrogen-bond acceptors (Lipinski definition) is 5. The third-order valence-corrected chi connectivity index (χ3v) is 3.89. The van der Waals surface area contributed by atoms with Crippen LogP contribution in [-0.2, 0) is 5.75 Å². The maximum absolute atomic E-state index is 13.9. The van der Waals surface area contributed by atoms with Gasteiger partial charge in [0.05, 0.1) is 0 Å². The number of benzene rings is 1. The number of nitrogens with zero attached hydrogens (tertiary/aromatic N) is 3. The SMILES string of the molecule is CC(C)n1c(N)nnc1SCc1ccc(C(N)=O)cc1F. The van der Waals surface area contributed by atoms with E-state index in [0.29, 0.717) is 22.4 Å². The van der Waals surface area contributed by atoms with E-state index in [1.165, 1.54) is 17.8 Å². The van der Waals surface area contributed by atoms with Crippen molar-refractivity contribution in [2.75, 3.05) is 5.73 Å². The molecule has 1 aromatic heterocycles. The van der Waals surface area contributed by atoms with Crippen molar-refractivity contribution in [2.45, 2.75) is 30.8 Å². The van der Waals surface area contributed by atoms with Crippen LogP contribution in [0.25, 0.3) is 0 Å². The fourth-order valence-electron chi connectivity index (χ4n) is 1.83. The molecule has 0 aliphatic carbocycles. The lowest BCUT2D eigenvalue weighted by Crippen LogP contribution is -2.11. The lowest BCUT2D eigenvalue weighted by Gasteiger charge is -2.11. The third-order valence-electron chi connectivity index (χ3n) is 2.90. The van der Waals surface area contributed by atoms with E-state index in [1.807, 2.05) is 13.8 Å². The molecule has 0 bridgehead atoms. The second kappa shape index (κ2) is 6.13. The summed E-state index contributed by atoms with van der Waals surface area (Å²) in [4.78, 5) is 11.0. The monoisotopic (exact) mass is 309 g/mol. The van der Waals surface area contributed by atoms with Crippen LogP contribution < -0.4 is 11.5 Å². The Morgan fingerprint density at radius 3 is 2.71 bits per heavy atom. The average molecular weight is 309 g/mol. The Kier molecular flexibility index (Phi) is 4.46. The molecule has 2 aromatic rings. The summed E-state index contributed by atoms with van der Waals surface area (Å²) in [6.45, 7) is 3.93. The smallest absolute Gasteiger partial charge is 0.248 e. The molecule has 0 saturated heterocycles. The molecule has 1 heterocycles. The highest BCUT2D eigenvalue weighted by atomic mass is 32.2. The summed E-state index contributed by atoms with van der Waals surface area (Å²) in [5, 5.41) is 8.43. The van der Waals surface area contributed by atoms with Gasteiger partial charge in [-0.1, -0.05) is 17.8 Å². The van der Waals surface area contributed by atoms with E-state index < -0.39 is 11.7 Å². The topological polar surface area (TPSA) is 99.8 Å². The van der Waals surface area contributed by atoms with Gasteiger partial charge in [0.25, 0.3) is 0 Å². The largest absolute Gasteiger partial charge is 0.368 e. The Bertz CT molecular complexity index is 671. The molecule has 1 amide bonds. The number of nitrogen functional groups attached to an aromatic ring is 1. The molecular weight excluding hydrogens is 293 g/mol. The van der Waals surface area contributed by atoms with Gasteiger partial charge in [0.15, 0.2) is 5.16 Å². The average Bonchev–Trinajstić information content (AvgIpc) is 2.78. The van der Waals surface area contributed by atoms with E-state index in [0.717, 1.165) is 6.07 Å². The summed E-state index contributed by atoms with van der Waals surface area (Å²) in [7, 11) is 0. The molecule has 112 valence electrons. The molecule has 0 unspecified atom stereocenters. The number of anilines is 1. The van der Waals surface area contributed by atoms with Gasteiger partial charge in [-0.3, -0.25) is 9.36 Å². The zero-order valence-electron chi connectivity index (χ0n) is 11.7. The first-order chi connectivity index (χ1) is 9.90. The third kappa shape index (κ3) is 3.33. The molecule has 0 saturated carbocycles. The van der Waals surface area contributed by atoms with Crippen molar-refractivity contribution >= 4 is 23.6 Å². The van der Waals surface area contributed by atoms with E-state index in [2.05, 4.69) is 10.2 Å². The number of primary amides is 1. The highest BCUT2D eigenvalue weighted by Gasteiger charge is 2.14. The van der Waals surface area contributed by atoms with Crippen LogP contribution in [0, 0.1) is 5.82 Å². The summed E-state index contributed by atoms with van der Waals surface area (Å²) < 4.78 is 15.7. The zero-order chi connectivity index (χ0) is 15.6. The molecule has 1 aromatic carbocycles. The number of aromatic nitrogens is 3. The predicted octanol–water partition coefficient (Wildman–Crippen LogP) is 1.97. The maximum atomic E-state index is 13.9. The van der Waals surface area contributed by atoms with Crippen LogP contribution in [0.5, 0.6) is 0 Å². The number of carbonyl (C=O) groups is 1. The second-order valence-electron chi connectivity index (χ2n) is 4.76. The number of hydrogen-bond donors (Lipinski definition) is 2. The van der Waals surface area contributed by atoms with Crippen molar-refractivity contribution in [3.8, 4) is 0 Å². The van der Waals surface area contributed by atoms with Crippen molar-refractivity contribution in [3.63, 3.8) is 0 Å². The zero-order valence-corrected chi connectivity index (χ0v) is 12.5. The van der Waals surface area contributed by atoms with Gasteiger partial charge >= 0.3 is 0 Å². The minimum Gasteiger partial charge on any atom is -0.368 e. The molecule has 0 fully saturated rings. The summed E-state index contributed by atoms with van der Waals surface area (Å²) in [6, 6.07) is 4.30. The molecule has 0 radical (unpaired) electrons. The number of carbonyl (C=O) groups excluding carboxylic acids is 1. The minimum absolute atomic E-state index is 0.115. The normalized spacial score (nSPS) is 11.0. The van der Waals surface area contributed by atoms with E-state index in [9.17, 15) is 9.18 Å². The first-order valence-corrected chi connectivity index (χ1v) is 7.30. The summed E-state index contributed by atoms with van der Waals surface area (Å²) in [5.41, 5.74) is 11.5. The maximum Gasteiger partial charge on any atom is 0.248 e. The Morgan fingerprint density at radius 1 is 1.43 bits per heavy atom. The fourth-order valence-corrected chi connectivity index (χ4v) is 2.89. The van der Waals surface area contributed by atoms with Crippen LogP contribution in [0.15, 0.2) is 23.4 Å². The molecule has 4 N–H and O–H groups in total. The van der Waals surface area contributed by atoms with Gasteiger partial charge in [-0.15, -0.1) is 10.2 Å². The van der Waals surface area contributed by atoms with Gasteiger partial charge in [-0.2, -0.15) is 0 Å². The standard InChI is InChI=1S/C13H16FN5OS/c1-7(2)19-12(16)17-18-13(19)21-6-9-4-3-8(11(15)20)5-10(9)14/h3-5,7H,6H2,1-2H3,(H2,15,20)(H2,16,17). The molecule has 0 aliphatic heterocycles. The van der Waals surface area contributed by atoms with E-state index in [-0.39, 0.29) is 11.6 Å². The summed E-state index contributed by atoms with van der Waals surface area (Å²) >= 11 is 1.33. The molecule has 6 nitrogen and oxygen atoms in total. The molecular formula is C13H16FN5OS. The van der Waals surface area contributed by atoms with Crippen molar-refractivity contribution < 1.29 is 9.18 Å². The van der Waals surface area contributed by atoms with E-state index in [1.54, 1.807) is 10.6 Å². The van der Waals surface area contributed by atoms with Gasteiger partial charge in [0.1, 0.15) is 5.82 Å². The van der Waals surface area contributed by atoms with Crippen molar-refractivity contribution in [1.82, 2.24) is 14.8 Å². The molecule has 21 heavy (non-hydrogen) atoms. The van der Waals surface area contributed by atoms with Crippen LogP contribution in [0.1, 0.15) is 35.8 Å². The Balaban J connectivity index is 2.15. The van der Waals surface area contributed by atoms with Crippen LogP contribution in [0.4, 0.5) is 10.3 Å². The van der Waals surface area contributed by atoms with Crippen LogP contribution in [0.2, 0.25) is 0 Å². The van der Waals surface area contributed by atoms with Gasteiger partial charge < -0.3 is 11.5 Å². The minimum atomic E-state index is -0.652. The highest BCUT2D eigenvalue weighted by Crippen LogP contribution is 2.26. The van der Waals surface area contributed by atoms with Crippen LogP contribution in [-0.4, -0.2) is 20.7 Å². The number of amides is 1. The summed E-state index contributed by atoms with van der Waals surface area (Å²) in [6.07, 6.45) is 0. The lowest BCUT2D eigenvalue weighted by atomic mass is 10.1. The number of halogens is 1. The predicted molar refractivity (Wildman–Crippen MR) is 79.3 cm³/mol. The fraction of sp³-hybridized carbons (Fsp3) is 0.308. The molecule has 0 atom stereocenters. The van der Waals surface area contributed by atoms with Crippen LogP contribution in [0.3, 0.4) is 0 Å². The first-order valence-electron chi connectivity index (χ1n) is 6.31. The highest BCUT2D eigenvalue weighted by molar-refractivity contribution is 7.98. The number of rotatable bonds is 5. The van der Waals surface area contributed by atoms with Gasteiger partial charge in [0, 0.05) is 17.4 Å². The van der Waals surface area contributed by atoms with E-state index in [4.69, 9.17) is 11.5 Å². The molecule has 8 heteroatoms. The molecule has 0 spiro atoms. The number of thioether (sulfide) groups is 1.